The van der Waals surface area contributed by atoms with Crippen LogP contribution in [0, 0.1) is 13.8 Å². The Labute approximate surface area is 126 Å². The molecule has 0 amide bonds. The fourth-order valence-electron chi connectivity index (χ4n) is 2.01. The number of benzene rings is 2. The highest BCUT2D eigenvalue weighted by atomic mass is 79.9. The molecule has 2 rings (SSSR count). The van der Waals surface area contributed by atoms with Crippen LogP contribution in [0.3, 0.4) is 0 Å². The van der Waals surface area contributed by atoms with E-state index in [2.05, 4.69) is 15.9 Å². The monoisotopic (exact) mass is 330 g/mol. The largest absolute Gasteiger partial charge is 0.507 e. The van der Waals surface area contributed by atoms with E-state index in [1.54, 1.807) is 18.2 Å². The van der Waals surface area contributed by atoms with Gasteiger partial charge in [-0.3, -0.25) is 4.79 Å². The number of hydrogen-bond acceptors (Lipinski definition) is 2. The fraction of sp³-hybridized carbons (Fsp3) is 0.118. The van der Waals surface area contributed by atoms with Crippen LogP contribution in [0.4, 0.5) is 0 Å². The van der Waals surface area contributed by atoms with E-state index in [9.17, 15) is 9.90 Å². The summed E-state index contributed by atoms with van der Waals surface area (Å²) in [5.41, 5.74) is 3.14. The van der Waals surface area contributed by atoms with Crippen LogP contribution in [-0.4, -0.2) is 10.9 Å². The number of ketones is 1. The Bertz CT molecular complexity index is 664. The van der Waals surface area contributed by atoms with Gasteiger partial charge in [-0.2, -0.15) is 0 Å². The maximum absolute atomic E-state index is 12.1. The number of hydrogen-bond donors (Lipinski definition) is 1. The number of allylic oxidation sites excluding steroid dienone is 1. The van der Waals surface area contributed by atoms with Gasteiger partial charge < -0.3 is 5.11 Å². The fourth-order valence-corrected chi connectivity index (χ4v) is 2.49. The van der Waals surface area contributed by atoms with Gasteiger partial charge in [-0.1, -0.05) is 34.1 Å². The van der Waals surface area contributed by atoms with Gasteiger partial charge >= 0.3 is 0 Å². The molecule has 0 atom stereocenters. The minimum Gasteiger partial charge on any atom is -0.507 e. The van der Waals surface area contributed by atoms with Crippen molar-refractivity contribution in [1.29, 1.82) is 0 Å². The number of halogens is 1. The number of phenols is 1. The summed E-state index contributed by atoms with van der Waals surface area (Å²) < 4.78 is 0.785. The predicted octanol–water partition coefficient (Wildman–Crippen LogP) is 4.67. The SMILES string of the molecule is Cc1cc(/C=C/C(=O)c2ccccc2Br)cc(C)c1O. The van der Waals surface area contributed by atoms with E-state index in [4.69, 9.17) is 0 Å². The van der Waals surface area contributed by atoms with Crippen LogP contribution in [0.2, 0.25) is 0 Å². The third-order valence-corrected chi connectivity index (χ3v) is 3.77. The lowest BCUT2D eigenvalue weighted by molar-refractivity contribution is 0.104. The lowest BCUT2D eigenvalue weighted by Crippen LogP contribution is -1.95. The van der Waals surface area contributed by atoms with Gasteiger partial charge in [-0.25, -0.2) is 0 Å². The van der Waals surface area contributed by atoms with E-state index < -0.39 is 0 Å². The number of carbonyl (C=O) groups is 1. The molecule has 2 aromatic carbocycles. The average molecular weight is 331 g/mol. The molecule has 2 nitrogen and oxygen atoms in total. The summed E-state index contributed by atoms with van der Waals surface area (Å²) >= 11 is 3.37. The van der Waals surface area contributed by atoms with Gasteiger partial charge in [-0.05, 0) is 60.9 Å². The highest BCUT2D eigenvalue weighted by Gasteiger charge is 2.06. The third-order valence-electron chi connectivity index (χ3n) is 3.08. The van der Waals surface area contributed by atoms with E-state index in [0.717, 1.165) is 21.2 Å². The molecule has 0 aliphatic carbocycles. The lowest BCUT2D eigenvalue weighted by atomic mass is 10.0. The number of aromatic hydroxyl groups is 1. The minimum atomic E-state index is -0.0548. The van der Waals surface area contributed by atoms with Crippen LogP contribution in [0.1, 0.15) is 27.0 Å². The van der Waals surface area contributed by atoms with E-state index in [1.165, 1.54) is 0 Å². The summed E-state index contributed by atoms with van der Waals surface area (Å²) in [6.45, 7) is 3.69. The molecular weight excluding hydrogens is 316 g/mol. The number of phenolic OH excluding ortho intramolecular Hbond substituents is 1. The Morgan fingerprint density at radius 3 is 2.35 bits per heavy atom. The minimum absolute atomic E-state index is 0.0548. The Hall–Kier alpha value is -1.87. The van der Waals surface area contributed by atoms with Crippen molar-refractivity contribution in [2.45, 2.75) is 13.8 Å². The predicted molar refractivity (Wildman–Crippen MR) is 85.1 cm³/mol. The molecule has 0 unspecified atom stereocenters. The first-order valence-electron chi connectivity index (χ1n) is 6.26. The van der Waals surface area contributed by atoms with Gasteiger partial charge in [0.15, 0.2) is 5.78 Å². The smallest absolute Gasteiger partial charge is 0.186 e. The van der Waals surface area contributed by atoms with Crippen LogP contribution in [0.5, 0.6) is 5.75 Å². The van der Waals surface area contributed by atoms with Crippen LogP contribution in [-0.2, 0) is 0 Å². The second-order valence-electron chi connectivity index (χ2n) is 4.68. The van der Waals surface area contributed by atoms with Crippen LogP contribution in [0.15, 0.2) is 46.9 Å². The zero-order valence-corrected chi connectivity index (χ0v) is 12.9. The van der Waals surface area contributed by atoms with Crippen molar-refractivity contribution in [3.05, 3.63) is 69.2 Å². The molecule has 0 fully saturated rings. The Morgan fingerprint density at radius 2 is 1.75 bits per heavy atom. The summed E-state index contributed by atoms with van der Waals surface area (Å²) in [7, 11) is 0. The second kappa shape index (κ2) is 6.06. The van der Waals surface area contributed by atoms with E-state index >= 15 is 0 Å². The standard InChI is InChI=1S/C17H15BrO2/c1-11-9-13(10-12(2)17(11)20)7-8-16(19)14-5-3-4-6-15(14)18/h3-10,20H,1-2H3/b8-7+. The highest BCUT2D eigenvalue weighted by Crippen LogP contribution is 2.24. The van der Waals surface area contributed by atoms with E-state index in [0.29, 0.717) is 11.3 Å². The summed E-state index contributed by atoms with van der Waals surface area (Å²) in [4.78, 5) is 12.1. The molecule has 0 aliphatic heterocycles. The maximum atomic E-state index is 12.1. The van der Waals surface area contributed by atoms with Gasteiger partial charge in [0.25, 0.3) is 0 Å². The molecule has 20 heavy (non-hydrogen) atoms. The summed E-state index contributed by atoms with van der Waals surface area (Å²) in [6.07, 6.45) is 3.31. The molecule has 2 aromatic rings. The van der Waals surface area contributed by atoms with Crippen molar-refractivity contribution in [1.82, 2.24) is 0 Å². The lowest BCUT2D eigenvalue weighted by Gasteiger charge is -2.04. The molecule has 0 bridgehead atoms. The molecule has 0 aromatic heterocycles. The van der Waals surface area contributed by atoms with Gasteiger partial charge in [0.05, 0.1) is 0 Å². The zero-order valence-electron chi connectivity index (χ0n) is 11.4. The number of rotatable bonds is 3. The van der Waals surface area contributed by atoms with Gasteiger partial charge in [0.1, 0.15) is 5.75 Å². The molecule has 0 aliphatic rings. The van der Waals surface area contributed by atoms with Crippen molar-refractivity contribution in [3.8, 4) is 5.75 Å². The van der Waals surface area contributed by atoms with Crippen LogP contribution >= 0.6 is 15.9 Å². The van der Waals surface area contributed by atoms with E-state index in [-0.39, 0.29) is 5.78 Å². The van der Waals surface area contributed by atoms with Crippen molar-refractivity contribution < 1.29 is 9.90 Å². The normalized spacial score (nSPS) is 10.9. The first-order chi connectivity index (χ1) is 9.49. The van der Waals surface area contributed by atoms with Gasteiger partial charge in [0.2, 0.25) is 0 Å². The number of aryl methyl sites for hydroxylation is 2. The van der Waals surface area contributed by atoms with Crippen molar-refractivity contribution in [2.75, 3.05) is 0 Å². The Balaban J connectivity index is 2.26. The summed E-state index contributed by atoms with van der Waals surface area (Å²) in [5.74, 6) is 0.250. The Morgan fingerprint density at radius 1 is 1.15 bits per heavy atom. The summed E-state index contributed by atoms with van der Waals surface area (Å²) in [5, 5.41) is 9.73. The molecule has 3 heteroatoms. The molecule has 0 radical (unpaired) electrons. The Kier molecular flexibility index (Phi) is 4.40. The first kappa shape index (κ1) is 14.5. The molecular formula is C17H15BrO2. The molecule has 0 saturated heterocycles. The van der Waals surface area contributed by atoms with Crippen molar-refractivity contribution in [2.24, 2.45) is 0 Å². The van der Waals surface area contributed by atoms with E-state index in [1.807, 2.05) is 44.2 Å². The summed E-state index contributed by atoms with van der Waals surface area (Å²) in [6, 6.07) is 11.0. The van der Waals surface area contributed by atoms with Gasteiger partial charge in [0, 0.05) is 10.0 Å². The second-order valence-corrected chi connectivity index (χ2v) is 5.54. The number of carbonyl (C=O) groups excluding carboxylic acids is 1. The molecule has 0 heterocycles. The van der Waals surface area contributed by atoms with Gasteiger partial charge in [-0.15, -0.1) is 0 Å². The van der Waals surface area contributed by atoms with Crippen molar-refractivity contribution >= 4 is 27.8 Å². The molecule has 0 saturated carbocycles. The average Bonchev–Trinajstić information content (AvgIpc) is 2.42. The zero-order chi connectivity index (χ0) is 14.7. The maximum Gasteiger partial charge on any atom is 0.186 e. The quantitative estimate of drug-likeness (QED) is 0.656. The molecule has 102 valence electrons. The van der Waals surface area contributed by atoms with Crippen molar-refractivity contribution in [3.63, 3.8) is 0 Å². The third kappa shape index (κ3) is 3.17. The first-order valence-corrected chi connectivity index (χ1v) is 7.05. The molecule has 1 N–H and O–H groups in total. The molecule has 0 spiro atoms. The van der Waals surface area contributed by atoms with Crippen LogP contribution in [0.25, 0.3) is 6.08 Å². The highest BCUT2D eigenvalue weighted by molar-refractivity contribution is 9.10. The van der Waals surface area contributed by atoms with Crippen LogP contribution < -0.4 is 0 Å². The topological polar surface area (TPSA) is 37.3 Å².